The smallest absolute Gasteiger partial charge is 0.405 e. The van der Waals surface area contributed by atoms with E-state index < -0.39 is 25.2 Å². The second-order valence-corrected chi connectivity index (χ2v) is 6.20. The van der Waals surface area contributed by atoms with E-state index in [1.165, 1.54) is 0 Å². The van der Waals surface area contributed by atoms with Crippen LogP contribution in [0, 0.1) is 0 Å². The van der Waals surface area contributed by atoms with Crippen molar-refractivity contribution >= 4 is 5.91 Å². The second-order valence-electron chi connectivity index (χ2n) is 6.20. The standard InChI is InChI=1S/C19H20F3NO2/c1-18(2,14-6-4-3-5-7-14)15-8-10-16(11-9-15)25-12-17(24)23-13-19(20,21)22/h3-11H,12-13H2,1-2H3,(H,23,24). The van der Waals surface area contributed by atoms with Crippen LogP contribution in [0.25, 0.3) is 0 Å². The molecule has 2 aromatic rings. The number of rotatable bonds is 6. The van der Waals surface area contributed by atoms with Gasteiger partial charge in [-0.05, 0) is 23.3 Å². The van der Waals surface area contributed by atoms with Crippen molar-refractivity contribution in [2.24, 2.45) is 0 Å². The summed E-state index contributed by atoms with van der Waals surface area (Å²) in [7, 11) is 0. The Morgan fingerprint density at radius 3 is 2.08 bits per heavy atom. The van der Waals surface area contributed by atoms with Gasteiger partial charge in [-0.1, -0.05) is 56.3 Å². The Kier molecular flexibility index (Phi) is 5.72. The fourth-order valence-corrected chi connectivity index (χ4v) is 2.39. The Bertz CT molecular complexity index is 695. The number of carbonyl (C=O) groups is 1. The van der Waals surface area contributed by atoms with Gasteiger partial charge < -0.3 is 10.1 Å². The van der Waals surface area contributed by atoms with Gasteiger partial charge in [0.15, 0.2) is 6.61 Å². The van der Waals surface area contributed by atoms with E-state index in [1.807, 2.05) is 30.3 Å². The summed E-state index contributed by atoms with van der Waals surface area (Å²) in [5, 5.41) is 1.76. The highest BCUT2D eigenvalue weighted by atomic mass is 19.4. The zero-order valence-corrected chi connectivity index (χ0v) is 14.1. The summed E-state index contributed by atoms with van der Waals surface area (Å²) in [6, 6.07) is 17.2. The molecule has 0 atom stereocenters. The van der Waals surface area contributed by atoms with Crippen molar-refractivity contribution in [2.45, 2.75) is 25.4 Å². The van der Waals surface area contributed by atoms with Gasteiger partial charge in [0.1, 0.15) is 12.3 Å². The van der Waals surface area contributed by atoms with Crippen LogP contribution in [0.1, 0.15) is 25.0 Å². The monoisotopic (exact) mass is 351 g/mol. The van der Waals surface area contributed by atoms with E-state index in [-0.39, 0.29) is 5.41 Å². The number of hydrogen-bond acceptors (Lipinski definition) is 2. The van der Waals surface area contributed by atoms with Crippen molar-refractivity contribution in [2.75, 3.05) is 13.2 Å². The maximum Gasteiger partial charge on any atom is 0.405 e. The average molecular weight is 351 g/mol. The zero-order chi connectivity index (χ0) is 18.5. The fourth-order valence-electron chi connectivity index (χ4n) is 2.39. The van der Waals surface area contributed by atoms with Gasteiger partial charge in [-0.15, -0.1) is 0 Å². The molecule has 0 saturated carbocycles. The predicted molar refractivity (Wildman–Crippen MR) is 89.6 cm³/mol. The van der Waals surface area contributed by atoms with Gasteiger partial charge in [0.05, 0.1) is 0 Å². The quantitative estimate of drug-likeness (QED) is 0.852. The van der Waals surface area contributed by atoms with Gasteiger partial charge in [-0.2, -0.15) is 13.2 Å². The molecule has 0 spiro atoms. The molecule has 0 fully saturated rings. The minimum atomic E-state index is -4.43. The molecule has 134 valence electrons. The first kappa shape index (κ1) is 18.8. The van der Waals surface area contributed by atoms with Crippen molar-refractivity contribution < 1.29 is 22.7 Å². The van der Waals surface area contributed by atoms with Crippen LogP contribution in [0.2, 0.25) is 0 Å². The average Bonchev–Trinajstić information content (AvgIpc) is 2.58. The Morgan fingerprint density at radius 2 is 1.52 bits per heavy atom. The van der Waals surface area contributed by atoms with Crippen LogP contribution < -0.4 is 10.1 Å². The summed E-state index contributed by atoms with van der Waals surface area (Å²) < 4.78 is 41.3. The molecular formula is C19H20F3NO2. The van der Waals surface area contributed by atoms with Crippen LogP contribution in [-0.2, 0) is 10.2 Å². The van der Waals surface area contributed by atoms with Crippen LogP contribution in [0.5, 0.6) is 5.75 Å². The molecule has 0 heterocycles. The Labute approximate surface area is 144 Å². The summed E-state index contributed by atoms with van der Waals surface area (Å²) in [5.74, 6) is -0.388. The van der Waals surface area contributed by atoms with Crippen LogP contribution in [0.4, 0.5) is 13.2 Å². The van der Waals surface area contributed by atoms with Gasteiger partial charge in [-0.3, -0.25) is 4.79 Å². The maximum atomic E-state index is 12.0. The summed E-state index contributed by atoms with van der Waals surface area (Å²) in [5.41, 5.74) is 2.02. The minimum absolute atomic E-state index is 0.204. The number of hydrogen-bond donors (Lipinski definition) is 1. The molecule has 0 saturated heterocycles. The van der Waals surface area contributed by atoms with Gasteiger partial charge in [0.25, 0.3) is 5.91 Å². The molecule has 0 bridgehead atoms. The minimum Gasteiger partial charge on any atom is -0.484 e. The SMILES string of the molecule is CC(C)(c1ccccc1)c1ccc(OCC(=O)NCC(F)(F)F)cc1. The van der Waals surface area contributed by atoms with Gasteiger partial charge >= 0.3 is 6.18 Å². The fraction of sp³-hybridized carbons (Fsp3) is 0.316. The molecule has 3 nitrogen and oxygen atoms in total. The summed E-state index contributed by atoms with van der Waals surface area (Å²) >= 11 is 0. The van der Waals surface area contributed by atoms with E-state index in [0.717, 1.165) is 11.1 Å². The molecule has 2 aromatic carbocycles. The van der Waals surface area contributed by atoms with Crippen molar-refractivity contribution in [1.82, 2.24) is 5.32 Å². The number of alkyl halides is 3. The highest BCUT2D eigenvalue weighted by Gasteiger charge is 2.27. The van der Waals surface area contributed by atoms with Crippen LogP contribution >= 0.6 is 0 Å². The molecule has 25 heavy (non-hydrogen) atoms. The van der Waals surface area contributed by atoms with E-state index in [9.17, 15) is 18.0 Å². The van der Waals surface area contributed by atoms with Crippen molar-refractivity contribution in [3.8, 4) is 5.75 Å². The molecule has 0 aromatic heterocycles. The van der Waals surface area contributed by atoms with E-state index >= 15 is 0 Å². The topological polar surface area (TPSA) is 38.3 Å². The number of amides is 1. The Morgan fingerprint density at radius 1 is 0.960 bits per heavy atom. The number of halogens is 3. The molecule has 0 aliphatic rings. The third-order valence-electron chi connectivity index (χ3n) is 3.93. The molecule has 0 unspecified atom stereocenters. The highest BCUT2D eigenvalue weighted by Crippen LogP contribution is 2.32. The van der Waals surface area contributed by atoms with Crippen molar-refractivity contribution in [3.05, 3.63) is 65.7 Å². The molecule has 0 aliphatic heterocycles. The molecule has 1 N–H and O–H groups in total. The van der Waals surface area contributed by atoms with E-state index in [1.54, 1.807) is 17.4 Å². The third-order valence-corrected chi connectivity index (χ3v) is 3.93. The second kappa shape index (κ2) is 7.59. The van der Waals surface area contributed by atoms with Crippen molar-refractivity contribution in [3.63, 3.8) is 0 Å². The third kappa shape index (κ3) is 5.52. The van der Waals surface area contributed by atoms with E-state index in [2.05, 4.69) is 26.0 Å². The summed E-state index contributed by atoms with van der Waals surface area (Å²) in [6.45, 7) is 2.38. The van der Waals surface area contributed by atoms with E-state index in [4.69, 9.17) is 4.74 Å². The lowest BCUT2D eigenvalue weighted by Gasteiger charge is -2.26. The van der Waals surface area contributed by atoms with Crippen LogP contribution in [0.15, 0.2) is 54.6 Å². The lowest BCUT2D eigenvalue weighted by molar-refractivity contribution is -0.139. The number of ether oxygens (including phenoxy) is 1. The molecule has 1 amide bonds. The summed E-state index contributed by atoms with van der Waals surface area (Å²) in [4.78, 5) is 11.3. The first-order valence-corrected chi connectivity index (χ1v) is 7.81. The van der Waals surface area contributed by atoms with Gasteiger partial charge in [0, 0.05) is 5.41 Å². The van der Waals surface area contributed by atoms with E-state index in [0.29, 0.717) is 5.75 Å². The molecule has 0 aliphatic carbocycles. The molecule has 6 heteroatoms. The molecule has 2 rings (SSSR count). The lowest BCUT2D eigenvalue weighted by Crippen LogP contribution is -2.36. The zero-order valence-electron chi connectivity index (χ0n) is 14.1. The summed E-state index contributed by atoms with van der Waals surface area (Å²) in [6.07, 6.45) is -4.43. The number of carbonyl (C=O) groups excluding carboxylic acids is 1. The van der Waals surface area contributed by atoms with Crippen molar-refractivity contribution in [1.29, 1.82) is 0 Å². The normalized spacial score (nSPS) is 11.9. The predicted octanol–water partition coefficient (Wildman–Crippen LogP) is 4.07. The number of nitrogens with one attached hydrogen (secondary N) is 1. The first-order chi connectivity index (χ1) is 11.7. The Hall–Kier alpha value is -2.50. The van der Waals surface area contributed by atoms with Crippen LogP contribution in [0.3, 0.4) is 0 Å². The first-order valence-electron chi connectivity index (χ1n) is 7.81. The van der Waals surface area contributed by atoms with Crippen LogP contribution in [-0.4, -0.2) is 25.2 Å². The van der Waals surface area contributed by atoms with Gasteiger partial charge in [-0.25, -0.2) is 0 Å². The largest absolute Gasteiger partial charge is 0.484 e. The highest BCUT2D eigenvalue weighted by molar-refractivity contribution is 5.77. The maximum absolute atomic E-state index is 12.0. The number of benzene rings is 2. The van der Waals surface area contributed by atoms with Gasteiger partial charge in [0.2, 0.25) is 0 Å². The Balaban J connectivity index is 1.95. The molecular weight excluding hydrogens is 331 g/mol. The lowest BCUT2D eigenvalue weighted by atomic mass is 9.78. The molecule has 0 radical (unpaired) electrons.